The van der Waals surface area contributed by atoms with Gasteiger partial charge >= 0.3 is 13.6 Å². The quantitative estimate of drug-likeness (QED) is 0.0511. The van der Waals surface area contributed by atoms with Crippen LogP contribution in [0.3, 0.4) is 0 Å². The van der Waals surface area contributed by atoms with Crippen molar-refractivity contribution in [1.82, 2.24) is 59.4 Å². The Balaban J connectivity index is 0.000000419. The molecular weight excluding hydrogens is 1730 g/mol. The standard InChI is InChI=1S/C16H21BrFN3O2.C15H21BrFN3OS.C11H13BrFN3.C8H6BrFN2.C7H4BrFN2.C7H15NOS.C3H9O.BF3.FH/c1-15(2,3)23-14(22)19-16(4,5)13-10-7-9(17)8-11(18)12(10)20-21(13)6;1-14(2,3)22(21)19-15(4,5)13-10-7-9(16)8-11(17)12(10)18-20(13)6;1-11(2,14)10-7-4-6(12)5-8(13)9(7)15-16(10)3;1-12-4-5-2-6(9)3-7(10)8(5)11-12;8-5-1-4-3-10-11-7(4)6(9)2-5;1-6(2)8-10(9)7(3,4)5;1-4(2)3;2-1(3)4;/h7-8H,1-6H3,(H,19,22);7-8,19H,1-6H3;4-5H,14H2,1-3H3;2-4H,1H3;1-3H,(H,10,11);1-5H3;1-3H3;;1H/q;;;;;;+1;;/p-1. The van der Waals surface area contributed by atoms with Crippen LogP contribution in [0.1, 0.15) is 135 Å². The van der Waals surface area contributed by atoms with Crippen molar-refractivity contribution in [3.05, 3.63) is 142 Å². The number of aryl methyl sites for hydroxylation is 4. The van der Waals surface area contributed by atoms with Crippen LogP contribution in [0, 0.1) is 29.1 Å². The molecule has 5 heterocycles. The lowest BCUT2D eigenvalue weighted by Crippen LogP contribution is -3.00. The molecule has 570 valence electrons. The van der Waals surface area contributed by atoms with Crippen LogP contribution in [0.2, 0.25) is 0 Å². The molecule has 10 rings (SSSR count). The number of fused-ring (bicyclic) bond motifs is 5. The molecule has 2 atom stereocenters. The summed E-state index contributed by atoms with van der Waals surface area (Å²) in [4.78, 5) is 12.1. The number of aromatic nitrogens is 10. The van der Waals surface area contributed by atoms with E-state index in [0.29, 0.717) is 52.0 Å². The molecule has 103 heavy (non-hydrogen) atoms. The van der Waals surface area contributed by atoms with Crippen LogP contribution in [0.15, 0.2) is 99.8 Å². The lowest BCUT2D eigenvalue weighted by atomic mass is 9.97. The Morgan fingerprint density at radius 2 is 0.913 bits per heavy atom. The molecule has 5 aromatic heterocycles. The highest BCUT2D eigenvalue weighted by molar-refractivity contribution is 9.11. The first-order chi connectivity index (χ1) is 46.4. The number of carbonyl (C=O) groups is 1. The molecule has 0 bridgehead atoms. The van der Waals surface area contributed by atoms with Gasteiger partial charge in [-0.15, -0.1) is 0 Å². The number of rotatable bonds is 7. The first-order valence-electron chi connectivity index (χ1n) is 30.8. The third-order valence-corrected chi connectivity index (χ3v) is 18.7. The van der Waals surface area contributed by atoms with Gasteiger partial charge in [0, 0.05) is 89.4 Å². The number of hydrogen-bond acceptors (Lipinski definition) is 10. The molecule has 5 aromatic carbocycles. The molecule has 36 heteroatoms. The van der Waals surface area contributed by atoms with E-state index in [9.17, 15) is 48.1 Å². The molecule has 0 aliphatic heterocycles. The number of nitrogens with zero attached hydrogens (tertiary/aromatic N) is 10. The molecule has 1 amide bonds. The highest BCUT2D eigenvalue weighted by atomic mass is 79.9. The second kappa shape index (κ2) is 38.3. The summed E-state index contributed by atoms with van der Waals surface area (Å²) in [6.07, 6.45) is 2.83. The van der Waals surface area contributed by atoms with Crippen molar-refractivity contribution in [2.75, 3.05) is 21.3 Å². The highest BCUT2D eigenvalue weighted by Gasteiger charge is 2.35. The summed E-state index contributed by atoms with van der Waals surface area (Å²) in [7, 11) is 6.79. The predicted molar refractivity (Wildman–Crippen MR) is 416 cm³/mol. The van der Waals surface area contributed by atoms with Crippen molar-refractivity contribution in [1.29, 1.82) is 0 Å². The first kappa shape index (κ1) is 93.5. The van der Waals surface area contributed by atoms with Gasteiger partial charge in [-0.25, -0.2) is 39.9 Å². The number of hydrogen-bond donors (Lipinski definition) is 4. The zero-order chi connectivity index (χ0) is 78.6. The van der Waals surface area contributed by atoms with E-state index in [4.69, 9.17) is 10.5 Å². The number of H-pyrrole nitrogens is 1. The third kappa shape index (κ3) is 28.6. The van der Waals surface area contributed by atoms with Gasteiger partial charge in [0.1, 0.15) is 71.3 Å². The summed E-state index contributed by atoms with van der Waals surface area (Å²) in [5.41, 5.74) is 8.49. The molecule has 2 unspecified atom stereocenters. The van der Waals surface area contributed by atoms with E-state index in [1.807, 2.05) is 143 Å². The SMILES string of the molecule is CC(C)=NS(=O)C(C)(C)C.C[O+](C)C.Cn1cc2cc(Br)cc(F)c2n1.Cn1nc2c(F)cc(Br)cc2c1C(C)(C)N.Cn1nc2c(F)cc(Br)cc2c1C(C)(C)NC(=O)OC(C)(C)C.Cn1nc2c(F)cc(Br)cc2c1C(C)(C)NS(=O)C(C)(C)C.FB(F)F.Fc1cc(Br)cc2cn[nH]c12.[F-]. The monoisotopic (exact) mass is 1810 g/mol. The molecular formula is C67H89BBr5F9N14O5S2. The number of amides is 1. The number of halogens is 14. The maximum atomic E-state index is 14.1. The van der Waals surface area contributed by atoms with Gasteiger partial charge in [0.2, 0.25) is 0 Å². The minimum Gasteiger partial charge on any atom is -1.00 e. The molecule has 0 aliphatic rings. The normalized spacial score (nSPS) is 12.3. The highest BCUT2D eigenvalue weighted by Crippen LogP contribution is 2.36. The molecule has 19 nitrogen and oxygen atoms in total. The zero-order valence-corrected chi connectivity index (χ0v) is 71.3. The molecule has 0 radical (unpaired) electrons. The fourth-order valence-electron chi connectivity index (χ4n) is 9.43. The number of alkyl carbamates (subject to hydrolysis) is 1. The number of nitrogens with two attached hydrogens (primary N) is 1. The van der Waals surface area contributed by atoms with Crippen molar-refractivity contribution >= 4 is 175 Å². The van der Waals surface area contributed by atoms with Gasteiger partial charge in [-0.05, 0) is 178 Å². The van der Waals surface area contributed by atoms with Gasteiger partial charge in [-0.2, -0.15) is 29.9 Å². The minimum absolute atomic E-state index is 0. The minimum atomic E-state index is -3.67. The summed E-state index contributed by atoms with van der Waals surface area (Å²) >= 11 is 16.3. The van der Waals surface area contributed by atoms with Crippen molar-refractivity contribution in [3.63, 3.8) is 0 Å². The van der Waals surface area contributed by atoms with Crippen LogP contribution in [-0.4, -0.2) is 114 Å². The van der Waals surface area contributed by atoms with Crippen molar-refractivity contribution < 1.29 is 61.9 Å². The van der Waals surface area contributed by atoms with E-state index in [0.717, 1.165) is 42.2 Å². The molecule has 0 spiro atoms. The van der Waals surface area contributed by atoms with Crippen molar-refractivity contribution in [3.8, 4) is 0 Å². The smallest absolute Gasteiger partial charge is 0.762 e. The van der Waals surface area contributed by atoms with Crippen molar-refractivity contribution in [2.45, 2.75) is 149 Å². The molecule has 0 saturated heterocycles. The maximum absolute atomic E-state index is 14.1. The van der Waals surface area contributed by atoms with Crippen LogP contribution in [0.25, 0.3) is 54.5 Å². The van der Waals surface area contributed by atoms with Crippen molar-refractivity contribution in [2.24, 2.45) is 38.3 Å². The number of benzene rings is 5. The lowest BCUT2D eigenvalue weighted by molar-refractivity contribution is -0.00282. The molecule has 5 N–H and O–H groups in total. The largest absolute Gasteiger partial charge is 1.00 e. The van der Waals surface area contributed by atoms with Gasteiger partial charge in [-0.3, -0.25) is 36.8 Å². The predicted octanol–water partition coefficient (Wildman–Crippen LogP) is 15.8. The Labute approximate surface area is 642 Å². The Bertz CT molecular complexity index is 4600. The number of aromatic amines is 1. The molecule has 10 aromatic rings. The van der Waals surface area contributed by atoms with E-state index in [1.54, 1.807) is 86.1 Å². The van der Waals surface area contributed by atoms with Gasteiger partial charge in [0.15, 0.2) is 23.3 Å². The lowest BCUT2D eigenvalue weighted by Gasteiger charge is -2.30. The van der Waals surface area contributed by atoms with Crippen LogP contribution >= 0.6 is 79.6 Å². The maximum Gasteiger partial charge on any atom is 0.762 e. The van der Waals surface area contributed by atoms with E-state index in [1.165, 1.54) is 30.3 Å². The molecule has 0 fully saturated rings. The van der Waals surface area contributed by atoms with E-state index < -0.39 is 68.4 Å². The topological polar surface area (TPSA) is 226 Å². The third-order valence-electron chi connectivity index (χ3n) is 13.0. The van der Waals surface area contributed by atoms with E-state index in [2.05, 4.69) is 129 Å². The fourth-order valence-corrected chi connectivity index (χ4v) is 13.1. The Morgan fingerprint density at radius 3 is 1.27 bits per heavy atom. The number of carbonyl (C=O) groups excluding carboxylic acids is 1. The Morgan fingerprint density at radius 1 is 0.563 bits per heavy atom. The van der Waals surface area contributed by atoms with Gasteiger partial charge in [0.25, 0.3) is 0 Å². The van der Waals surface area contributed by atoms with Gasteiger partial charge in [0.05, 0.1) is 60.4 Å². The van der Waals surface area contributed by atoms with Crippen LogP contribution in [0.4, 0.5) is 39.7 Å². The first-order valence-corrected chi connectivity index (χ1v) is 37.0. The van der Waals surface area contributed by atoms with E-state index in [-0.39, 0.29) is 38.2 Å². The summed E-state index contributed by atoms with van der Waals surface area (Å²) < 4.78 is 145. The second-order valence-corrected chi connectivity index (χ2v) is 36.5. The number of nitrogens with one attached hydrogen (secondary N) is 3. The second-order valence-electron chi connectivity index (χ2n) is 28.1. The Kier molecular flexibility index (Phi) is 34.7. The van der Waals surface area contributed by atoms with Crippen LogP contribution in [0.5, 0.6) is 0 Å². The summed E-state index contributed by atoms with van der Waals surface area (Å²) in [6.45, 7) is 31.8. The summed E-state index contributed by atoms with van der Waals surface area (Å²) in [5.74, 6) is -1.70. The average molecular weight is 1820 g/mol. The van der Waals surface area contributed by atoms with E-state index >= 15 is 0 Å². The Hall–Kier alpha value is -5.60. The average Bonchev–Trinajstić information content (AvgIpc) is 1.52. The van der Waals surface area contributed by atoms with Crippen LogP contribution < -0.4 is 20.5 Å². The molecule has 0 saturated carbocycles. The zero-order valence-electron chi connectivity index (χ0n) is 61.7. The number of ether oxygens (including phenoxy) is 1. The summed E-state index contributed by atoms with van der Waals surface area (Å²) in [5, 5.41) is 29.4. The molecule has 0 aliphatic carbocycles. The van der Waals surface area contributed by atoms with Gasteiger partial charge < -0.3 is 24.9 Å². The summed E-state index contributed by atoms with van der Waals surface area (Å²) in [6, 6.07) is 16.1. The van der Waals surface area contributed by atoms with Gasteiger partial charge in [-0.1, -0.05) is 79.6 Å². The fraction of sp³-hybridized carbons (Fsp3) is 0.448. The van der Waals surface area contributed by atoms with Crippen LogP contribution in [-0.2, 0) is 75.9 Å².